The molecule has 1 amide bonds. The third kappa shape index (κ3) is 5.46. The van der Waals surface area contributed by atoms with Gasteiger partial charge in [-0.1, -0.05) is 6.92 Å². The van der Waals surface area contributed by atoms with Crippen molar-refractivity contribution < 1.29 is 14.3 Å². The molecule has 2 aromatic heterocycles. The quantitative estimate of drug-likeness (QED) is 0.701. The van der Waals surface area contributed by atoms with E-state index in [2.05, 4.69) is 28.2 Å². The molecule has 0 bridgehead atoms. The first-order valence-corrected chi connectivity index (χ1v) is 10.4. The van der Waals surface area contributed by atoms with Gasteiger partial charge in [-0.3, -0.25) is 19.4 Å². The Bertz CT molecular complexity index is 956. The molecule has 0 spiro atoms. The van der Waals surface area contributed by atoms with Gasteiger partial charge in [0.25, 0.3) is 5.56 Å². The fraction of sp³-hybridized carbons (Fsp3) is 0.455. The highest BCUT2D eigenvalue weighted by atomic mass is 16.5. The van der Waals surface area contributed by atoms with Gasteiger partial charge in [0.1, 0.15) is 6.54 Å². The average molecular weight is 412 g/mol. The maximum Gasteiger partial charge on any atom is 0.326 e. The van der Waals surface area contributed by atoms with Crippen LogP contribution in [0.3, 0.4) is 0 Å². The molecule has 8 nitrogen and oxygen atoms in total. The fourth-order valence-corrected chi connectivity index (χ4v) is 3.58. The summed E-state index contributed by atoms with van der Waals surface area (Å²) >= 11 is 0. The molecule has 1 aliphatic heterocycles. The van der Waals surface area contributed by atoms with Crippen LogP contribution in [0.5, 0.6) is 0 Å². The Morgan fingerprint density at radius 1 is 1.27 bits per heavy atom. The number of carbonyl (C=O) groups is 2. The minimum Gasteiger partial charge on any atom is -0.465 e. The lowest BCUT2D eigenvalue weighted by Crippen LogP contribution is -2.41. The molecular weight excluding hydrogens is 384 g/mol. The molecule has 3 heterocycles. The number of hydrogen-bond donors (Lipinski definition) is 1. The van der Waals surface area contributed by atoms with Crippen LogP contribution in [0.2, 0.25) is 0 Å². The number of pyridine rings is 2. The van der Waals surface area contributed by atoms with Crippen LogP contribution >= 0.6 is 0 Å². The van der Waals surface area contributed by atoms with E-state index in [4.69, 9.17) is 4.74 Å². The van der Waals surface area contributed by atoms with Gasteiger partial charge in [-0.2, -0.15) is 0 Å². The van der Waals surface area contributed by atoms with Crippen LogP contribution in [0.1, 0.15) is 32.3 Å². The van der Waals surface area contributed by atoms with Gasteiger partial charge in [0.15, 0.2) is 0 Å². The first kappa shape index (κ1) is 21.5. The molecular formula is C22H28N4O4. The van der Waals surface area contributed by atoms with Crippen LogP contribution in [-0.4, -0.2) is 41.1 Å². The van der Waals surface area contributed by atoms with E-state index in [1.807, 2.05) is 12.4 Å². The Morgan fingerprint density at radius 2 is 2.10 bits per heavy atom. The third-order valence-electron chi connectivity index (χ3n) is 5.20. The summed E-state index contributed by atoms with van der Waals surface area (Å²) in [7, 11) is 0. The number of nitrogens with one attached hydrogen (secondary N) is 1. The Kier molecular flexibility index (Phi) is 7.21. The number of piperidine rings is 1. The standard InChI is InChI=1S/C22H28N4O4/c1-3-16-10-19(12-23-11-16)25-9-5-6-17(13-25)22(29)24-18-7-8-20(27)26(14-18)15-21(28)30-4-2/h7-8,10-12,14,17H,3-6,9,13,15H2,1-2H3,(H,24,29). The molecule has 0 aliphatic carbocycles. The van der Waals surface area contributed by atoms with Crippen LogP contribution in [0.15, 0.2) is 41.6 Å². The van der Waals surface area contributed by atoms with Crippen LogP contribution in [0.4, 0.5) is 11.4 Å². The van der Waals surface area contributed by atoms with Crippen molar-refractivity contribution in [2.45, 2.75) is 39.7 Å². The molecule has 160 valence electrons. The molecule has 3 rings (SSSR count). The molecule has 1 atom stereocenters. The van der Waals surface area contributed by atoms with Crippen molar-refractivity contribution in [1.29, 1.82) is 0 Å². The second-order valence-electron chi connectivity index (χ2n) is 7.37. The minimum atomic E-state index is -0.492. The number of aromatic nitrogens is 2. The Morgan fingerprint density at radius 3 is 2.87 bits per heavy atom. The van der Waals surface area contributed by atoms with E-state index in [1.165, 1.54) is 22.4 Å². The molecule has 0 saturated carbocycles. The average Bonchev–Trinajstić information content (AvgIpc) is 2.76. The molecule has 1 aliphatic rings. The smallest absolute Gasteiger partial charge is 0.326 e. The van der Waals surface area contributed by atoms with Crippen molar-refractivity contribution in [3.63, 3.8) is 0 Å². The van der Waals surface area contributed by atoms with Gasteiger partial charge in [-0.05, 0) is 43.9 Å². The Labute approximate surface area is 175 Å². The maximum atomic E-state index is 12.9. The second kappa shape index (κ2) is 10.0. The number of nitrogens with zero attached hydrogens (tertiary/aromatic N) is 3. The van der Waals surface area contributed by atoms with Crippen molar-refractivity contribution in [2.75, 3.05) is 29.9 Å². The SMILES string of the molecule is CCOC(=O)Cn1cc(NC(=O)C2CCCN(c3cncc(CC)c3)C2)ccc1=O. The van der Waals surface area contributed by atoms with E-state index in [0.29, 0.717) is 12.2 Å². The lowest BCUT2D eigenvalue weighted by Gasteiger charge is -2.33. The summed E-state index contributed by atoms with van der Waals surface area (Å²) in [6.07, 6.45) is 7.81. The van der Waals surface area contributed by atoms with E-state index >= 15 is 0 Å². The molecule has 1 fully saturated rings. The molecule has 30 heavy (non-hydrogen) atoms. The molecule has 0 aromatic carbocycles. The number of ether oxygens (including phenoxy) is 1. The zero-order valence-electron chi connectivity index (χ0n) is 17.5. The van der Waals surface area contributed by atoms with Crippen molar-refractivity contribution in [2.24, 2.45) is 5.92 Å². The summed E-state index contributed by atoms with van der Waals surface area (Å²) in [5, 5.41) is 2.89. The zero-order chi connectivity index (χ0) is 21.5. The largest absolute Gasteiger partial charge is 0.465 e. The van der Waals surface area contributed by atoms with Crippen molar-refractivity contribution >= 4 is 23.3 Å². The monoisotopic (exact) mass is 412 g/mol. The maximum absolute atomic E-state index is 12.9. The van der Waals surface area contributed by atoms with Crippen molar-refractivity contribution in [3.05, 3.63) is 52.7 Å². The van der Waals surface area contributed by atoms with Gasteiger partial charge < -0.3 is 19.5 Å². The number of anilines is 2. The molecule has 1 N–H and O–H groups in total. The summed E-state index contributed by atoms with van der Waals surface area (Å²) in [4.78, 5) is 43.0. The minimum absolute atomic E-state index is 0.0966. The van der Waals surface area contributed by atoms with E-state index in [1.54, 1.807) is 13.0 Å². The topological polar surface area (TPSA) is 93.5 Å². The zero-order valence-corrected chi connectivity index (χ0v) is 17.5. The summed E-state index contributed by atoms with van der Waals surface area (Å²) in [5.74, 6) is -0.760. The Balaban J connectivity index is 1.66. The number of amides is 1. The summed E-state index contributed by atoms with van der Waals surface area (Å²) in [6, 6.07) is 5.01. The van der Waals surface area contributed by atoms with Crippen LogP contribution in [-0.2, 0) is 27.3 Å². The summed E-state index contributed by atoms with van der Waals surface area (Å²) < 4.78 is 6.13. The summed E-state index contributed by atoms with van der Waals surface area (Å²) in [6.45, 7) is 5.37. The number of rotatable bonds is 7. The van der Waals surface area contributed by atoms with Gasteiger partial charge >= 0.3 is 5.97 Å². The first-order chi connectivity index (χ1) is 14.5. The van der Waals surface area contributed by atoms with Crippen LogP contribution < -0.4 is 15.8 Å². The molecule has 2 aromatic rings. The van der Waals surface area contributed by atoms with Crippen LogP contribution in [0.25, 0.3) is 0 Å². The molecule has 0 radical (unpaired) electrons. The highest BCUT2D eigenvalue weighted by molar-refractivity contribution is 5.93. The number of aryl methyl sites for hydroxylation is 1. The number of esters is 1. The predicted molar refractivity (Wildman–Crippen MR) is 115 cm³/mol. The fourth-order valence-electron chi connectivity index (χ4n) is 3.58. The normalized spacial score (nSPS) is 16.2. The van der Waals surface area contributed by atoms with Gasteiger partial charge in [-0.15, -0.1) is 0 Å². The highest BCUT2D eigenvalue weighted by Crippen LogP contribution is 2.24. The van der Waals surface area contributed by atoms with Crippen molar-refractivity contribution in [3.8, 4) is 0 Å². The van der Waals surface area contributed by atoms with E-state index in [-0.39, 0.29) is 30.5 Å². The lowest BCUT2D eigenvalue weighted by atomic mass is 9.96. The first-order valence-electron chi connectivity index (χ1n) is 10.4. The van der Waals surface area contributed by atoms with Gasteiger partial charge in [0, 0.05) is 31.5 Å². The van der Waals surface area contributed by atoms with Gasteiger partial charge in [-0.25, -0.2) is 0 Å². The van der Waals surface area contributed by atoms with Crippen molar-refractivity contribution in [1.82, 2.24) is 9.55 Å². The van der Waals surface area contributed by atoms with E-state index in [0.717, 1.165) is 31.5 Å². The predicted octanol–water partition coefficient (Wildman–Crippen LogP) is 2.22. The van der Waals surface area contributed by atoms with E-state index < -0.39 is 5.97 Å². The Hall–Kier alpha value is -3.16. The second-order valence-corrected chi connectivity index (χ2v) is 7.37. The molecule has 1 unspecified atom stereocenters. The van der Waals surface area contributed by atoms with Gasteiger partial charge in [0.05, 0.1) is 30.1 Å². The molecule has 1 saturated heterocycles. The van der Waals surface area contributed by atoms with Crippen LogP contribution in [0, 0.1) is 5.92 Å². The lowest BCUT2D eigenvalue weighted by molar-refractivity contribution is -0.143. The van der Waals surface area contributed by atoms with Gasteiger partial charge in [0.2, 0.25) is 5.91 Å². The third-order valence-corrected chi connectivity index (χ3v) is 5.20. The number of hydrogen-bond acceptors (Lipinski definition) is 6. The molecule has 8 heteroatoms. The highest BCUT2D eigenvalue weighted by Gasteiger charge is 2.26. The number of carbonyl (C=O) groups excluding carboxylic acids is 2. The van der Waals surface area contributed by atoms with E-state index in [9.17, 15) is 14.4 Å². The summed E-state index contributed by atoms with van der Waals surface area (Å²) in [5.41, 5.74) is 2.36.